The zero-order valence-corrected chi connectivity index (χ0v) is 28.0. The van der Waals surface area contributed by atoms with Crippen molar-refractivity contribution in [2.45, 2.75) is 156 Å². The Morgan fingerprint density at radius 1 is 0.609 bits per heavy atom. The van der Waals surface area contributed by atoms with Gasteiger partial charge < -0.3 is 4.18 Å². The molecule has 0 spiro atoms. The first-order valence-electron chi connectivity index (χ1n) is 17.2. The molecule has 254 valence electrons. The van der Waals surface area contributed by atoms with Crippen LogP contribution in [-0.2, 0) is 39.3 Å². The van der Waals surface area contributed by atoms with Gasteiger partial charge in [-0.1, -0.05) is 69.9 Å². The largest absolute Gasteiger partial charge is 0.417 e. The van der Waals surface area contributed by atoms with Crippen LogP contribution in [0.1, 0.15) is 160 Å². The summed E-state index contributed by atoms with van der Waals surface area (Å²) in [5, 5.41) is 0. The van der Waals surface area contributed by atoms with E-state index in [1.54, 1.807) is 0 Å². The highest BCUT2D eigenvalue weighted by Gasteiger charge is 2.42. The van der Waals surface area contributed by atoms with Crippen LogP contribution in [0, 0.1) is 0 Å². The Hall–Kier alpha value is -2.11. The van der Waals surface area contributed by atoms with E-state index in [1.165, 1.54) is 12.0 Å². The summed E-state index contributed by atoms with van der Waals surface area (Å²) < 4.78 is 113. The Morgan fingerprint density at radius 2 is 1.07 bits per heavy atom. The van der Waals surface area contributed by atoms with Crippen LogP contribution < -0.4 is 4.18 Å². The molecule has 2 aromatic carbocycles. The second-order valence-electron chi connectivity index (χ2n) is 14.0. The minimum absolute atomic E-state index is 0.00886. The Bertz CT molecular complexity index is 1610. The highest BCUT2D eigenvalue weighted by atomic mass is 32.2. The smallest absolute Gasteiger partial charge is 0.379 e. The van der Waals surface area contributed by atoms with E-state index in [4.69, 9.17) is 4.18 Å². The van der Waals surface area contributed by atoms with Crippen molar-refractivity contribution >= 4 is 20.2 Å². The third-order valence-electron chi connectivity index (χ3n) is 10.9. The first-order chi connectivity index (χ1) is 21.8. The Morgan fingerprint density at radius 3 is 1.52 bits per heavy atom. The van der Waals surface area contributed by atoms with Crippen molar-refractivity contribution < 1.29 is 38.7 Å². The summed E-state index contributed by atoms with van der Waals surface area (Å²) in [4.78, 5) is -1.08. The van der Waals surface area contributed by atoms with Crippen LogP contribution in [0.3, 0.4) is 0 Å². The van der Waals surface area contributed by atoms with Crippen molar-refractivity contribution in [2.75, 3.05) is 0 Å². The lowest BCUT2D eigenvalue weighted by atomic mass is 9.76. The van der Waals surface area contributed by atoms with Crippen LogP contribution >= 0.6 is 0 Å². The van der Waals surface area contributed by atoms with Gasteiger partial charge in [0, 0.05) is 5.56 Å². The number of rotatable bonds is 7. The molecule has 3 fully saturated rings. The number of alkyl halides is 3. The highest BCUT2D eigenvalue weighted by molar-refractivity contribution is 7.87. The molecule has 0 amide bonds. The van der Waals surface area contributed by atoms with Gasteiger partial charge in [0.15, 0.2) is 0 Å². The quantitative estimate of drug-likeness (QED) is 0.231. The maximum absolute atomic E-state index is 14.7. The van der Waals surface area contributed by atoms with Gasteiger partial charge in [-0.25, -0.2) is 0 Å². The van der Waals surface area contributed by atoms with Crippen LogP contribution in [0.5, 0.6) is 5.75 Å². The third-order valence-corrected chi connectivity index (χ3v) is 13.3. The van der Waals surface area contributed by atoms with Crippen LogP contribution in [0.15, 0.2) is 28.0 Å². The van der Waals surface area contributed by atoms with Gasteiger partial charge in [0.25, 0.3) is 10.1 Å². The van der Waals surface area contributed by atoms with Crippen LogP contribution in [0.25, 0.3) is 0 Å². The predicted molar refractivity (Wildman–Crippen MR) is 170 cm³/mol. The van der Waals surface area contributed by atoms with Gasteiger partial charge in [0.2, 0.25) is 0 Å². The van der Waals surface area contributed by atoms with Gasteiger partial charge in [-0.2, -0.15) is 30.0 Å². The number of fused-ring (bicyclic) bond motifs is 1. The number of hydrogen-bond donors (Lipinski definition) is 1. The molecule has 11 heteroatoms. The van der Waals surface area contributed by atoms with Gasteiger partial charge >= 0.3 is 16.3 Å². The first-order valence-corrected chi connectivity index (χ1v) is 20.0. The summed E-state index contributed by atoms with van der Waals surface area (Å²) in [6, 6.07) is 4.63. The maximum atomic E-state index is 14.7. The molecular formula is C35H45F3O6S2. The molecule has 0 unspecified atom stereocenters. The molecule has 0 bridgehead atoms. The van der Waals surface area contributed by atoms with E-state index in [0.717, 1.165) is 101 Å². The molecule has 0 radical (unpaired) electrons. The fraction of sp³-hybridized carbons (Fsp3) is 0.657. The number of benzene rings is 2. The van der Waals surface area contributed by atoms with E-state index in [2.05, 4.69) is 12.1 Å². The number of halogens is 3. The molecular weight excluding hydrogens is 638 g/mol. The maximum Gasteiger partial charge on any atom is 0.417 e. The van der Waals surface area contributed by atoms with E-state index in [1.807, 2.05) is 0 Å². The second kappa shape index (κ2) is 13.4. The van der Waals surface area contributed by atoms with Crippen molar-refractivity contribution in [3.05, 3.63) is 51.6 Å². The summed E-state index contributed by atoms with van der Waals surface area (Å²) in [7, 11) is -9.90. The van der Waals surface area contributed by atoms with E-state index < -0.39 is 42.6 Å². The van der Waals surface area contributed by atoms with Gasteiger partial charge in [-0.3, -0.25) is 4.55 Å². The van der Waals surface area contributed by atoms with Crippen LogP contribution in [-0.4, -0.2) is 21.4 Å². The van der Waals surface area contributed by atoms with Crippen molar-refractivity contribution in [3.63, 3.8) is 0 Å². The normalized spacial score (nSPS) is 21.2. The van der Waals surface area contributed by atoms with E-state index in [9.17, 15) is 34.6 Å². The molecule has 2 aromatic rings. The molecule has 0 saturated heterocycles. The SMILES string of the molecule is O=S(=O)(O)c1c(C(F)(F)F)cc(OS(=O)(=O)c2c(C3CCCCC3)cc(C3CCCCC3)cc2C2CCCCC2)c2c1CCCC2. The molecule has 0 aromatic heterocycles. The summed E-state index contributed by atoms with van der Waals surface area (Å²) >= 11 is 0. The minimum atomic E-state index is -5.25. The van der Waals surface area contributed by atoms with Gasteiger partial charge in [-0.05, 0) is 110 Å². The van der Waals surface area contributed by atoms with Gasteiger partial charge in [0.1, 0.15) is 15.5 Å². The van der Waals surface area contributed by atoms with Crippen LogP contribution in [0.4, 0.5) is 13.2 Å². The zero-order chi connectivity index (χ0) is 32.7. The molecule has 6 nitrogen and oxygen atoms in total. The molecule has 0 heterocycles. The standard InChI is InChI=1S/C35H45F3O6S2/c36-35(37,38)31-22-32(27-18-10-11-19-28(27)34(31)45(39,40)41)44-46(42,43)33-29(24-14-6-2-7-15-24)20-26(23-12-4-1-5-13-23)21-30(33)25-16-8-3-9-17-25/h20-25H,1-19H2,(H,39,40,41). The Kier molecular flexibility index (Phi) is 9.85. The fourth-order valence-corrected chi connectivity index (χ4v) is 11.2. The van der Waals surface area contributed by atoms with Gasteiger partial charge in [-0.15, -0.1) is 0 Å². The van der Waals surface area contributed by atoms with E-state index in [0.29, 0.717) is 24.8 Å². The Labute approximate surface area is 271 Å². The van der Waals surface area contributed by atoms with E-state index in [-0.39, 0.29) is 40.7 Å². The van der Waals surface area contributed by atoms with Gasteiger partial charge in [0.05, 0.1) is 5.56 Å². The molecule has 0 aliphatic heterocycles. The lowest BCUT2D eigenvalue weighted by molar-refractivity contribution is -0.140. The molecule has 4 aliphatic rings. The predicted octanol–water partition coefficient (Wildman–Crippen LogP) is 9.74. The average molecular weight is 683 g/mol. The third kappa shape index (κ3) is 7.02. The summed E-state index contributed by atoms with van der Waals surface area (Å²) in [6.45, 7) is 0. The van der Waals surface area contributed by atoms with Crippen molar-refractivity contribution in [2.24, 2.45) is 0 Å². The fourth-order valence-electron chi connectivity index (χ4n) is 8.71. The first kappa shape index (κ1) is 33.8. The number of hydrogen-bond acceptors (Lipinski definition) is 5. The van der Waals surface area contributed by atoms with E-state index >= 15 is 0 Å². The van der Waals surface area contributed by atoms with Crippen molar-refractivity contribution in [1.82, 2.24) is 0 Å². The average Bonchev–Trinajstić information content (AvgIpc) is 3.04. The summed E-state index contributed by atoms with van der Waals surface area (Å²) in [5.74, 6) is -0.121. The van der Waals surface area contributed by atoms with Crippen LogP contribution in [0.2, 0.25) is 0 Å². The molecule has 4 aliphatic carbocycles. The van der Waals surface area contributed by atoms with Crippen molar-refractivity contribution in [1.29, 1.82) is 0 Å². The summed E-state index contributed by atoms with van der Waals surface area (Å²) in [6.07, 6.45) is 10.9. The lowest BCUT2D eigenvalue weighted by Crippen LogP contribution is -2.23. The molecule has 3 saturated carbocycles. The minimum Gasteiger partial charge on any atom is -0.379 e. The topological polar surface area (TPSA) is 97.7 Å². The molecule has 0 atom stereocenters. The zero-order valence-electron chi connectivity index (χ0n) is 26.3. The second-order valence-corrected chi connectivity index (χ2v) is 16.8. The monoisotopic (exact) mass is 682 g/mol. The molecule has 46 heavy (non-hydrogen) atoms. The molecule has 1 N–H and O–H groups in total. The van der Waals surface area contributed by atoms with Crippen molar-refractivity contribution in [3.8, 4) is 5.75 Å². The molecule has 6 rings (SSSR count). The lowest BCUT2D eigenvalue weighted by Gasteiger charge is -2.32. The Balaban J connectivity index is 1.55. The summed E-state index contributed by atoms with van der Waals surface area (Å²) in [5.41, 5.74) is 0.947. The highest BCUT2D eigenvalue weighted by Crippen LogP contribution is 2.48.